The lowest BCUT2D eigenvalue weighted by Crippen LogP contribution is -2.35. The molecule has 1 heterocycles. The lowest BCUT2D eigenvalue weighted by Gasteiger charge is -2.21. The highest BCUT2D eigenvalue weighted by Crippen LogP contribution is 2.20. The summed E-state index contributed by atoms with van der Waals surface area (Å²) in [5, 5.41) is 23.4. The van der Waals surface area contributed by atoms with Crippen molar-refractivity contribution in [3.8, 4) is 17.2 Å². The summed E-state index contributed by atoms with van der Waals surface area (Å²) in [5.74, 6) is -1.45. The Labute approximate surface area is 301 Å². The summed E-state index contributed by atoms with van der Waals surface area (Å²) < 4.78 is 12.8. The van der Waals surface area contributed by atoms with Crippen LogP contribution in [0.4, 0.5) is 5.69 Å². The number of tetrazole rings is 1. The van der Waals surface area contributed by atoms with Crippen LogP contribution in [0.25, 0.3) is 5.69 Å². The second-order valence-corrected chi connectivity index (χ2v) is 12.1. The Balaban J connectivity index is 1.11. The van der Waals surface area contributed by atoms with Gasteiger partial charge in [0.15, 0.2) is 0 Å². The third kappa shape index (κ3) is 11.1. The quantitative estimate of drug-likeness (QED) is 0.0615. The fourth-order valence-electron chi connectivity index (χ4n) is 5.31. The van der Waals surface area contributed by atoms with E-state index in [1.807, 2.05) is 12.1 Å². The van der Waals surface area contributed by atoms with Gasteiger partial charge in [-0.2, -0.15) is 0 Å². The van der Waals surface area contributed by atoms with E-state index in [-0.39, 0.29) is 24.4 Å². The Morgan fingerprint density at radius 3 is 2.08 bits per heavy atom. The Bertz CT molecular complexity index is 1910. The minimum Gasteiger partial charge on any atom is -0.494 e. The van der Waals surface area contributed by atoms with E-state index in [1.165, 1.54) is 47.3 Å². The lowest BCUT2D eigenvalue weighted by atomic mass is 10.1. The Morgan fingerprint density at radius 1 is 0.769 bits per heavy atom. The van der Waals surface area contributed by atoms with Crippen molar-refractivity contribution in [1.82, 2.24) is 25.1 Å². The van der Waals surface area contributed by atoms with Crippen LogP contribution < -0.4 is 14.8 Å². The standard InChI is InChI=1S/C39H40N6O7/c1-2-3-4-5-6-23-51-34-21-13-31(14-22-34)39(50)52-35-19-9-29(10-20-35)25-44(26-37(47)48)38(49)30-11-15-32(16-12-30)41-36(46)24-28-7-17-33(18-8-28)45-27-40-42-43-45/h7-22,27H,2-6,23-26H2,1H3,(H,41,46)(H,47,48). The van der Waals surface area contributed by atoms with Gasteiger partial charge in [-0.1, -0.05) is 56.9 Å². The number of carboxylic acids is 1. The van der Waals surface area contributed by atoms with Gasteiger partial charge < -0.3 is 24.8 Å². The average Bonchev–Trinajstić information content (AvgIpc) is 3.69. The van der Waals surface area contributed by atoms with Crippen LogP contribution in [-0.2, 0) is 22.6 Å². The van der Waals surface area contributed by atoms with Crippen LogP contribution in [0.1, 0.15) is 70.9 Å². The average molecular weight is 705 g/mol. The van der Waals surface area contributed by atoms with Gasteiger partial charge in [-0.3, -0.25) is 14.4 Å². The molecule has 0 spiro atoms. The van der Waals surface area contributed by atoms with E-state index in [0.717, 1.165) is 24.1 Å². The molecule has 0 aliphatic heterocycles. The minimum absolute atomic E-state index is 0.00409. The van der Waals surface area contributed by atoms with Gasteiger partial charge in [0, 0.05) is 17.8 Å². The van der Waals surface area contributed by atoms with Crippen LogP contribution >= 0.6 is 0 Å². The summed E-state index contributed by atoms with van der Waals surface area (Å²) in [6.45, 7) is 2.28. The molecule has 0 radical (unpaired) electrons. The van der Waals surface area contributed by atoms with Crippen LogP contribution in [0.5, 0.6) is 11.5 Å². The molecule has 0 saturated heterocycles. The van der Waals surface area contributed by atoms with Gasteiger partial charge in [0.1, 0.15) is 24.4 Å². The summed E-state index contributed by atoms with van der Waals surface area (Å²) in [4.78, 5) is 51.6. The summed E-state index contributed by atoms with van der Waals surface area (Å²) in [6, 6.07) is 26.8. The zero-order valence-electron chi connectivity index (χ0n) is 28.8. The number of carboxylic acid groups (broad SMARTS) is 1. The highest BCUT2D eigenvalue weighted by atomic mass is 16.5. The number of unbranched alkanes of at least 4 members (excludes halogenated alkanes) is 4. The van der Waals surface area contributed by atoms with Gasteiger partial charge in [-0.25, -0.2) is 9.48 Å². The van der Waals surface area contributed by atoms with E-state index < -0.39 is 24.4 Å². The molecule has 268 valence electrons. The first-order chi connectivity index (χ1) is 25.3. The van der Waals surface area contributed by atoms with Crippen molar-refractivity contribution >= 4 is 29.4 Å². The number of nitrogens with zero attached hydrogens (tertiary/aromatic N) is 5. The highest BCUT2D eigenvalue weighted by molar-refractivity contribution is 5.97. The van der Waals surface area contributed by atoms with Gasteiger partial charge in [0.05, 0.1) is 24.3 Å². The number of benzene rings is 4. The normalized spacial score (nSPS) is 10.7. The van der Waals surface area contributed by atoms with Crippen LogP contribution in [0, 0.1) is 0 Å². The molecule has 1 aromatic heterocycles. The maximum Gasteiger partial charge on any atom is 0.343 e. The number of anilines is 1. The number of hydrogen-bond acceptors (Lipinski definition) is 9. The zero-order chi connectivity index (χ0) is 36.7. The first-order valence-electron chi connectivity index (χ1n) is 17.0. The molecular weight excluding hydrogens is 664 g/mol. The van der Waals surface area contributed by atoms with Crippen molar-refractivity contribution in [1.29, 1.82) is 0 Å². The molecule has 0 unspecified atom stereocenters. The lowest BCUT2D eigenvalue weighted by molar-refractivity contribution is -0.137. The molecule has 13 heteroatoms. The van der Waals surface area contributed by atoms with E-state index in [9.17, 15) is 24.3 Å². The van der Waals surface area contributed by atoms with Gasteiger partial charge in [-0.15, -0.1) is 5.10 Å². The Morgan fingerprint density at radius 2 is 1.42 bits per heavy atom. The topological polar surface area (TPSA) is 166 Å². The maximum absolute atomic E-state index is 13.4. The molecule has 0 fully saturated rings. The number of esters is 1. The van der Waals surface area contributed by atoms with Crippen LogP contribution in [0.2, 0.25) is 0 Å². The summed E-state index contributed by atoms with van der Waals surface area (Å²) in [5.41, 5.74) is 3.30. The van der Waals surface area contributed by atoms with Gasteiger partial charge in [0.25, 0.3) is 5.91 Å². The van der Waals surface area contributed by atoms with Crippen LogP contribution in [-0.4, -0.2) is 67.1 Å². The first-order valence-corrected chi connectivity index (χ1v) is 17.0. The van der Waals surface area contributed by atoms with E-state index in [4.69, 9.17) is 9.47 Å². The van der Waals surface area contributed by atoms with E-state index in [2.05, 4.69) is 27.8 Å². The minimum atomic E-state index is -1.17. The molecule has 5 rings (SSSR count). The smallest absolute Gasteiger partial charge is 0.343 e. The summed E-state index contributed by atoms with van der Waals surface area (Å²) in [7, 11) is 0. The molecule has 5 aromatic rings. The predicted octanol–water partition coefficient (Wildman–Crippen LogP) is 6.14. The maximum atomic E-state index is 13.4. The zero-order valence-corrected chi connectivity index (χ0v) is 28.8. The molecule has 0 aliphatic carbocycles. The second kappa shape index (κ2) is 18.6. The van der Waals surface area contributed by atoms with Gasteiger partial charge in [-0.05, 0) is 101 Å². The number of amides is 2. The van der Waals surface area contributed by atoms with Crippen molar-refractivity contribution in [2.45, 2.75) is 52.0 Å². The van der Waals surface area contributed by atoms with Crippen molar-refractivity contribution in [2.24, 2.45) is 0 Å². The molecule has 2 N–H and O–H groups in total. The fourth-order valence-corrected chi connectivity index (χ4v) is 5.31. The molecule has 2 amide bonds. The number of hydrogen-bond donors (Lipinski definition) is 2. The van der Waals surface area contributed by atoms with E-state index in [1.54, 1.807) is 72.8 Å². The number of aliphatic carboxylic acids is 1. The molecule has 0 atom stereocenters. The van der Waals surface area contributed by atoms with E-state index >= 15 is 0 Å². The van der Waals surface area contributed by atoms with Crippen molar-refractivity contribution in [2.75, 3.05) is 18.5 Å². The summed E-state index contributed by atoms with van der Waals surface area (Å²) in [6.07, 6.45) is 7.35. The van der Waals surface area contributed by atoms with Crippen molar-refractivity contribution < 1.29 is 33.8 Å². The number of carbonyl (C=O) groups is 4. The Hall–Kier alpha value is -6.37. The highest BCUT2D eigenvalue weighted by Gasteiger charge is 2.20. The molecule has 52 heavy (non-hydrogen) atoms. The summed E-state index contributed by atoms with van der Waals surface area (Å²) >= 11 is 0. The second-order valence-electron chi connectivity index (χ2n) is 12.1. The number of rotatable bonds is 18. The number of aromatic nitrogens is 4. The van der Waals surface area contributed by atoms with E-state index in [0.29, 0.717) is 34.9 Å². The molecule has 4 aromatic carbocycles. The van der Waals surface area contributed by atoms with Gasteiger partial charge >= 0.3 is 11.9 Å². The molecule has 0 saturated carbocycles. The molecule has 13 nitrogen and oxygen atoms in total. The monoisotopic (exact) mass is 704 g/mol. The molecule has 0 bridgehead atoms. The van der Waals surface area contributed by atoms with Crippen molar-refractivity contribution in [3.05, 3.63) is 126 Å². The van der Waals surface area contributed by atoms with Crippen LogP contribution in [0.15, 0.2) is 103 Å². The van der Waals surface area contributed by atoms with Crippen molar-refractivity contribution in [3.63, 3.8) is 0 Å². The largest absolute Gasteiger partial charge is 0.494 e. The SMILES string of the molecule is CCCCCCCOc1ccc(C(=O)Oc2ccc(CN(CC(=O)O)C(=O)c3ccc(NC(=O)Cc4ccc(-n5cnnn5)cc4)cc3)cc2)cc1. The molecule has 0 aliphatic rings. The number of nitrogens with one attached hydrogen (secondary N) is 1. The molecular formula is C39H40N6O7. The fraction of sp³-hybridized carbons (Fsp3) is 0.256. The third-order valence-corrected chi connectivity index (χ3v) is 8.06. The van der Waals surface area contributed by atoms with Gasteiger partial charge in [0.2, 0.25) is 5.91 Å². The Kier molecular flexibility index (Phi) is 13.2. The first kappa shape index (κ1) is 36.9. The van der Waals surface area contributed by atoms with Crippen LogP contribution in [0.3, 0.4) is 0 Å². The number of ether oxygens (including phenoxy) is 2. The predicted molar refractivity (Wildman–Crippen MR) is 192 cm³/mol. The number of carbonyl (C=O) groups excluding carboxylic acids is 3. The third-order valence-electron chi connectivity index (χ3n) is 8.06.